The summed E-state index contributed by atoms with van der Waals surface area (Å²) in [4.78, 5) is 23.8. The Kier molecular flexibility index (Phi) is 4.70. The van der Waals surface area contributed by atoms with Gasteiger partial charge in [-0.15, -0.1) is 0 Å². The quantitative estimate of drug-likeness (QED) is 0.341. The molecule has 0 unspecified atom stereocenters. The minimum absolute atomic E-state index is 0.193. The Morgan fingerprint density at radius 1 is 0.969 bits per heavy atom. The minimum atomic E-state index is -0.193. The number of ether oxygens (including phenoxy) is 3. The number of amides is 1. The van der Waals surface area contributed by atoms with Crippen molar-refractivity contribution < 1.29 is 19.0 Å². The molecule has 0 saturated heterocycles. The van der Waals surface area contributed by atoms with Crippen molar-refractivity contribution in [1.82, 2.24) is 15.0 Å². The molecule has 0 aliphatic carbocycles. The van der Waals surface area contributed by atoms with Crippen LogP contribution >= 0.6 is 0 Å². The number of carbonyl (C=O) groups excluding carboxylic acids is 1. The van der Waals surface area contributed by atoms with Gasteiger partial charge in [-0.25, -0.2) is 4.98 Å². The molecule has 2 aromatic carbocycles. The molecule has 0 saturated carbocycles. The fourth-order valence-corrected chi connectivity index (χ4v) is 3.81. The van der Waals surface area contributed by atoms with Gasteiger partial charge in [0.25, 0.3) is 5.91 Å². The second-order valence-corrected chi connectivity index (χ2v) is 7.14. The highest BCUT2D eigenvalue weighted by atomic mass is 16.5. The van der Waals surface area contributed by atoms with Crippen LogP contribution in [0, 0.1) is 0 Å². The predicted octanol–water partition coefficient (Wildman–Crippen LogP) is 4.15. The van der Waals surface area contributed by atoms with Crippen LogP contribution in [0.1, 0.15) is 11.3 Å². The molecule has 0 radical (unpaired) electrons. The first-order valence-corrected chi connectivity index (χ1v) is 9.88. The zero-order valence-electron chi connectivity index (χ0n) is 17.7. The molecule has 0 atom stereocenters. The number of carbonyl (C=O) groups is 1. The molecule has 1 aliphatic rings. The Morgan fingerprint density at radius 2 is 1.78 bits per heavy atom. The van der Waals surface area contributed by atoms with Crippen molar-refractivity contribution in [3.8, 4) is 17.2 Å². The maximum absolute atomic E-state index is 12.7. The molecule has 0 spiro atoms. The van der Waals surface area contributed by atoms with Gasteiger partial charge in [-0.2, -0.15) is 0 Å². The number of anilines is 3. The van der Waals surface area contributed by atoms with Crippen LogP contribution in [0.15, 0.2) is 42.6 Å². The van der Waals surface area contributed by atoms with Crippen molar-refractivity contribution in [2.45, 2.75) is 0 Å². The number of methoxy groups -OCH3 is 3. The molecule has 0 bridgehead atoms. The highest BCUT2D eigenvalue weighted by Gasteiger charge is 2.28. The van der Waals surface area contributed by atoms with E-state index in [1.165, 1.54) is 0 Å². The van der Waals surface area contributed by atoms with Crippen LogP contribution in [0.5, 0.6) is 17.2 Å². The number of imidazole rings is 1. The van der Waals surface area contributed by atoms with E-state index in [0.29, 0.717) is 45.7 Å². The first kappa shape index (κ1) is 19.6. The second-order valence-electron chi connectivity index (χ2n) is 7.14. The molecule has 2 aromatic heterocycles. The van der Waals surface area contributed by atoms with Gasteiger partial charge in [0.15, 0.2) is 11.5 Å². The van der Waals surface area contributed by atoms with Gasteiger partial charge in [-0.1, -0.05) is 0 Å². The van der Waals surface area contributed by atoms with E-state index in [-0.39, 0.29) is 5.91 Å². The number of benzene rings is 2. The number of H-pyrrole nitrogens is 2. The van der Waals surface area contributed by atoms with Crippen LogP contribution in [-0.2, 0) is 4.79 Å². The number of rotatable bonds is 6. The summed E-state index contributed by atoms with van der Waals surface area (Å²) in [7, 11) is 4.77. The van der Waals surface area contributed by atoms with Gasteiger partial charge in [0.2, 0.25) is 5.95 Å². The largest absolute Gasteiger partial charge is 0.495 e. The van der Waals surface area contributed by atoms with Crippen LogP contribution < -0.4 is 24.8 Å². The molecule has 162 valence electrons. The highest BCUT2D eigenvalue weighted by molar-refractivity contribution is 6.37. The molecule has 4 N–H and O–H groups in total. The third-order valence-electron chi connectivity index (χ3n) is 5.31. The molecule has 1 aliphatic heterocycles. The van der Waals surface area contributed by atoms with Crippen molar-refractivity contribution in [3.05, 3.63) is 53.9 Å². The normalized spacial score (nSPS) is 13.8. The summed E-state index contributed by atoms with van der Waals surface area (Å²) in [6.07, 6.45) is 3.54. The number of hydrogen-bond acceptors (Lipinski definition) is 6. The summed E-state index contributed by atoms with van der Waals surface area (Å²) in [5.41, 5.74) is 4.93. The van der Waals surface area contributed by atoms with Gasteiger partial charge >= 0.3 is 0 Å². The van der Waals surface area contributed by atoms with Gasteiger partial charge in [-0.05, 0) is 36.4 Å². The zero-order valence-corrected chi connectivity index (χ0v) is 17.7. The van der Waals surface area contributed by atoms with E-state index < -0.39 is 0 Å². The fraction of sp³-hybridized carbons (Fsp3) is 0.130. The van der Waals surface area contributed by atoms with Gasteiger partial charge in [0.1, 0.15) is 11.3 Å². The minimum Gasteiger partial charge on any atom is -0.495 e. The van der Waals surface area contributed by atoms with Crippen LogP contribution in [-0.4, -0.2) is 42.2 Å². The molecule has 5 rings (SSSR count). The lowest BCUT2D eigenvalue weighted by molar-refractivity contribution is -0.110. The van der Waals surface area contributed by atoms with E-state index in [4.69, 9.17) is 19.2 Å². The molecule has 9 heteroatoms. The van der Waals surface area contributed by atoms with Crippen LogP contribution in [0.2, 0.25) is 0 Å². The van der Waals surface area contributed by atoms with E-state index in [2.05, 4.69) is 20.6 Å². The van der Waals surface area contributed by atoms with Gasteiger partial charge < -0.3 is 34.8 Å². The predicted molar refractivity (Wildman–Crippen MR) is 123 cm³/mol. The lowest BCUT2D eigenvalue weighted by Gasteiger charge is -2.09. The van der Waals surface area contributed by atoms with Crippen molar-refractivity contribution in [1.29, 1.82) is 0 Å². The number of aromatic nitrogens is 3. The Hall–Kier alpha value is -4.40. The summed E-state index contributed by atoms with van der Waals surface area (Å²) in [6, 6.07) is 11.1. The number of nitrogens with one attached hydrogen (secondary N) is 4. The number of hydrogen-bond donors (Lipinski definition) is 4. The number of fused-ring (bicyclic) bond motifs is 3. The van der Waals surface area contributed by atoms with Gasteiger partial charge in [0.05, 0.1) is 43.8 Å². The Labute approximate surface area is 183 Å². The molecule has 32 heavy (non-hydrogen) atoms. The van der Waals surface area contributed by atoms with Crippen molar-refractivity contribution in [2.75, 3.05) is 32.0 Å². The molecule has 4 aromatic rings. The summed E-state index contributed by atoms with van der Waals surface area (Å²) in [6.45, 7) is 0. The molecule has 3 heterocycles. The Bertz CT molecular complexity index is 1370. The van der Waals surface area contributed by atoms with E-state index in [1.54, 1.807) is 39.7 Å². The van der Waals surface area contributed by atoms with Crippen molar-refractivity contribution in [3.63, 3.8) is 0 Å². The average Bonchev–Trinajstić information content (AvgIpc) is 3.50. The Balaban J connectivity index is 1.55. The fourth-order valence-electron chi connectivity index (χ4n) is 3.81. The topological polar surface area (TPSA) is 113 Å². The van der Waals surface area contributed by atoms with E-state index >= 15 is 0 Å². The monoisotopic (exact) mass is 431 g/mol. The van der Waals surface area contributed by atoms with Gasteiger partial charge in [-0.3, -0.25) is 4.79 Å². The molecule has 9 nitrogen and oxygen atoms in total. The zero-order chi connectivity index (χ0) is 22.2. The smallest absolute Gasteiger partial charge is 0.256 e. The third kappa shape index (κ3) is 3.20. The van der Waals surface area contributed by atoms with Crippen LogP contribution in [0.4, 0.5) is 17.3 Å². The number of nitrogens with zero attached hydrogens (tertiary/aromatic N) is 1. The lowest BCUT2D eigenvalue weighted by atomic mass is 10.0. The average molecular weight is 431 g/mol. The van der Waals surface area contributed by atoms with Crippen LogP contribution in [0.25, 0.3) is 22.7 Å². The maximum atomic E-state index is 12.7. The molecular formula is C23H21N5O4. The summed E-state index contributed by atoms with van der Waals surface area (Å²) < 4.78 is 16.0. The SMILES string of the molecule is COc1ccc(Nc2nc3c4c(ccc3[nH]2)NC(=O)/C4=C\c2[nH]ccc2OC)cc1OC. The van der Waals surface area contributed by atoms with Crippen LogP contribution in [0.3, 0.4) is 0 Å². The first-order chi connectivity index (χ1) is 15.6. The highest BCUT2D eigenvalue weighted by Crippen LogP contribution is 2.39. The van der Waals surface area contributed by atoms with E-state index in [1.807, 2.05) is 30.3 Å². The van der Waals surface area contributed by atoms with E-state index in [0.717, 1.165) is 16.8 Å². The molecular weight excluding hydrogens is 410 g/mol. The third-order valence-corrected chi connectivity index (χ3v) is 5.31. The van der Waals surface area contributed by atoms with E-state index in [9.17, 15) is 4.79 Å². The van der Waals surface area contributed by atoms with Crippen molar-refractivity contribution in [2.24, 2.45) is 0 Å². The second kappa shape index (κ2) is 7.69. The van der Waals surface area contributed by atoms with Gasteiger partial charge in [0, 0.05) is 23.5 Å². The van der Waals surface area contributed by atoms with Crippen molar-refractivity contribution >= 4 is 45.9 Å². The number of aromatic amines is 2. The standard InChI is InChI=1S/C23H21N5O4/c1-30-17-8-9-24-16(17)11-13-20-14(26-22(13)29)5-6-15-21(20)28-23(27-15)25-12-4-7-18(31-2)19(10-12)32-3/h4-11,24H,1-3H3,(H,26,29)(H2,25,27,28)/b13-11-. The summed E-state index contributed by atoms with van der Waals surface area (Å²) >= 11 is 0. The molecule has 1 amide bonds. The molecule has 0 fully saturated rings. The maximum Gasteiger partial charge on any atom is 0.256 e. The lowest BCUT2D eigenvalue weighted by Crippen LogP contribution is -2.03. The summed E-state index contributed by atoms with van der Waals surface area (Å²) in [5.74, 6) is 2.25. The summed E-state index contributed by atoms with van der Waals surface area (Å²) in [5, 5.41) is 6.16. The Morgan fingerprint density at radius 3 is 2.56 bits per heavy atom. The first-order valence-electron chi connectivity index (χ1n) is 9.88.